The van der Waals surface area contributed by atoms with Crippen LogP contribution in [0.1, 0.15) is 12.8 Å². The number of aromatic nitrogens is 5. The second-order valence-corrected chi connectivity index (χ2v) is 9.70. The van der Waals surface area contributed by atoms with Crippen molar-refractivity contribution in [1.29, 1.82) is 0 Å². The summed E-state index contributed by atoms with van der Waals surface area (Å²) in [6.45, 7) is -1.00. The molecule has 4 rings (SSSR count). The van der Waals surface area contributed by atoms with E-state index in [2.05, 4.69) is 35.6 Å². The summed E-state index contributed by atoms with van der Waals surface area (Å²) in [6.07, 6.45) is -2.54. The Morgan fingerprint density at radius 1 is 1.12 bits per heavy atom. The molecular weight excluding hydrogens is 481 g/mol. The van der Waals surface area contributed by atoms with E-state index in [-0.39, 0.29) is 23.6 Å². The van der Waals surface area contributed by atoms with Crippen molar-refractivity contribution in [2.45, 2.75) is 25.1 Å². The van der Waals surface area contributed by atoms with Crippen molar-refractivity contribution < 1.29 is 26.3 Å². The van der Waals surface area contributed by atoms with Gasteiger partial charge in [0.15, 0.2) is 6.61 Å². The quantitative estimate of drug-likeness (QED) is 0.376. The van der Waals surface area contributed by atoms with Crippen molar-refractivity contribution in [2.75, 3.05) is 36.6 Å². The summed E-state index contributed by atoms with van der Waals surface area (Å²) < 4.78 is 67.3. The fourth-order valence-corrected chi connectivity index (χ4v) is 4.32. The monoisotopic (exact) mass is 502 g/mol. The van der Waals surface area contributed by atoms with Crippen LogP contribution in [0.2, 0.25) is 0 Å². The Labute approximate surface area is 191 Å². The molecule has 0 bridgehead atoms. The van der Waals surface area contributed by atoms with Crippen molar-refractivity contribution in [3.63, 3.8) is 0 Å². The molecule has 1 aliphatic heterocycles. The van der Waals surface area contributed by atoms with Gasteiger partial charge in [0.05, 0.1) is 17.3 Å². The zero-order valence-electron chi connectivity index (χ0n) is 17.8. The summed E-state index contributed by atoms with van der Waals surface area (Å²) in [7, 11) is -3.30. The number of ether oxygens (including phenoxy) is 1. The number of anilines is 3. The van der Waals surface area contributed by atoms with E-state index in [0.29, 0.717) is 42.7 Å². The van der Waals surface area contributed by atoms with Crippen LogP contribution in [-0.4, -0.2) is 75.8 Å². The van der Waals surface area contributed by atoms with Gasteiger partial charge in [0.2, 0.25) is 21.9 Å². The normalized spacial score (nSPS) is 16.0. The molecule has 0 spiro atoms. The highest BCUT2D eigenvalue weighted by Crippen LogP contribution is 2.23. The molecule has 0 amide bonds. The summed E-state index contributed by atoms with van der Waals surface area (Å²) in [5, 5.41) is 5.87. The van der Waals surface area contributed by atoms with Crippen molar-refractivity contribution in [3.05, 3.63) is 28.7 Å². The lowest BCUT2D eigenvalue weighted by Gasteiger charge is -2.30. The number of imidazole rings is 1. The van der Waals surface area contributed by atoms with Crippen molar-refractivity contribution in [2.24, 2.45) is 0 Å². The first-order valence-electron chi connectivity index (χ1n) is 10.1. The molecule has 16 heteroatoms. The van der Waals surface area contributed by atoms with Gasteiger partial charge in [-0.05, 0) is 31.0 Å². The Kier molecular flexibility index (Phi) is 6.35. The number of aromatic amines is 2. The average Bonchev–Trinajstić information content (AvgIpc) is 3.11. The van der Waals surface area contributed by atoms with E-state index < -0.39 is 28.8 Å². The molecule has 184 valence electrons. The van der Waals surface area contributed by atoms with Gasteiger partial charge in [-0.1, -0.05) is 0 Å². The van der Waals surface area contributed by atoms with Crippen LogP contribution in [0, 0.1) is 0 Å². The fraction of sp³-hybridized carbons (Fsp3) is 0.444. The Morgan fingerprint density at radius 2 is 1.79 bits per heavy atom. The second-order valence-electron chi connectivity index (χ2n) is 7.71. The molecular formula is C18H21F3N8O4S. The van der Waals surface area contributed by atoms with Crippen LogP contribution >= 0.6 is 0 Å². The third kappa shape index (κ3) is 6.13. The zero-order chi connectivity index (χ0) is 24.5. The standard InChI is InChI=1S/C18H21F3N8O4S/c1-34(31,32)29-6-4-10(5-7-29)22-14-26-15(28-17(27-14)33-9-18(19,20)21)23-11-2-3-12-13(8-11)25-16(30)24-12/h2-3,8,10H,4-7,9H2,1H3,(H2,24,25,30)(H2,22,23,26,27,28). The van der Waals surface area contributed by atoms with E-state index >= 15 is 0 Å². The SMILES string of the molecule is CS(=O)(=O)N1CCC(Nc2nc(Nc3ccc4[nH]c(=O)[nH]c4c3)nc(OCC(F)(F)F)n2)CC1. The van der Waals surface area contributed by atoms with Crippen molar-refractivity contribution >= 4 is 38.6 Å². The first kappa shape index (κ1) is 23.7. The number of H-pyrrole nitrogens is 2. The second kappa shape index (κ2) is 9.09. The molecule has 3 heterocycles. The van der Waals surface area contributed by atoms with Crippen LogP contribution in [-0.2, 0) is 10.0 Å². The maximum Gasteiger partial charge on any atom is 0.422 e. The molecule has 0 saturated carbocycles. The highest BCUT2D eigenvalue weighted by Gasteiger charge is 2.30. The summed E-state index contributed by atoms with van der Waals surface area (Å²) in [6, 6.07) is 4.11. The predicted octanol–water partition coefficient (Wildman–Crippen LogP) is 1.56. The first-order chi connectivity index (χ1) is 15.9. The van der Waals surface area contributed by atoms with E-state index in [1.54, 1.807) is 18.2 Å². The minimum atomic E-state index is -4.59. The third-order valence-corrected chi connectivity index (χ3v) is 6.31. The predicted molar refractivity (Wildman–Crippen MR) is 117 cm³/mol. The van der Waals surface area contributed by atoms with Gasteiger partial charge in [-0.25, -0.2) is 17.5 Å². The van der Waals surface area contributed by atoms with Gasteiger partial charge in [0.25, 0.3) is 0 Å². The number of fused-ring (bicyclic) bond motifs is 1. The highest BCUT2D eigenvalue weighted by molar-refractivity contribution is 7.88. The fourth-order valence-electron chi connectivity index (χ4n) is 3.44. The molecule has 0 unspecified atom stereocenters. The minimum absolute atomic E-state index is 0.0244. The van der Waals surface area contributed by atoms with Gasteiger partial charge < -0.3 is 25.3 Å². The number of sulfonamides is 1. The Hall–Kier alpha value is -3.40. The topological polar surface area (TPSA) is 158 Å². The molecule has 34 heavy (non-hydrogen) atoms. The number of alkyl halides is 3. The molecule has 0 radical (unpaired) electrons. The van der Waals surface area contributed by atoms with Gasteiger partial charge in [0, 0.05) is 24.8 Å². The molecule has 0 aliphatic carbocycles. The lowest BCUT2D eigenvalue weighted by atomic mass is 10.1. The molecule has 2 aromatic heterocycles. The molecule has 1 fully saturated rings. The zero-order valence-corrected chi connectivity index (χ0v) is 18.6. The lowest BCUT2D eigenvalue weighted by Crippen LogP contribution is -2.42. The first-order valence-corrected chi connectivity index (χ1v) is 12.0. The summed E-state index contributed by atoms with van der Waals surface area (Å²) >= 11 is 0. The number of nitrogens with one attached hydrogen (secondary N) is 4. The van der Waals surface area contributed by atoms with Crippen molar-refractivity contribution in [3.8, 4) is 6.01 Å². The van der Waals surface area contributed by atoms with Crippen LogP contribution in [0.15, 0.2) is 23.0 Å². The van der Waals surface area contributed by atoms with Crippen LogP contribution in [0.3, 0.4) is 0 Å². The van der Waals surface area contributed by atoms with Crippen molar-refractivity contribution in [1.82, 2.24) is 29.2 Å². The Morgan fingerprint density at radius 3 is 2.47 bits per heavy atom. The number of halogens is 3. The summed E-state index contributed by atoms with van der Waals surface area (Å²) in [5.74, 6) is -0.107. The van der Waals surface area contributed by atoms with Gasteiger partial charge in [-0.3, -0.25) is 0 Å². The largest absolute Gasteiger partial charge is 0.454 e. The number of rotatable bonds is 7. The van der Waals surface area contributed by atoms with E-state index in [4.69, 9.17) is 4.74 Å². The van der Waals surface area contributed by atoms with Crippen LogP contribution < -0.4 is 21.1 Å². The average molecular weight is 502 g/mol. The van der Waals surface area contributed by atoms with Gasteiger partial charge in [0.1, 0.15) is 0 Å². The summed E-state index contributed by atoms with van der Waals surface area (Å²) in [5.41, 5.74) is 1.16. The Balaban J connectivity index is 1.54. The maximum absolute atomic E-state index is 12.6. The van der Waals surface area contributed by atoms with E-state index in [1.165, 1.54) is 4.31 Å². The number of nitrogens with zero attached hydrogens (tertiary/aromatic N) is 4. The Bertz CT molecular complexity index is 1330. The van der Waals surface area contributed by atoms with Crippen LogP contribution in [0.5, 0.6) is 6.01 Å². The summed E-state index contributed by atoms with van der Waals surface area (Å²) in [4.78, 5) is 28.7. The highest BCUT2D eigenvalue weighted by atomic mass is 32.2. The number of hydrogen-bond acceptors (Lipinski definition) is 9. The van der Waals surface area contributed by atoms with Crippen LogP contribution in [0.4, 0.5) is 30.8 Å². The van der Waals surface area contributed by atoms with Gasteiger partial charge >= 0.3 is 17.9 Å². The number of piperidine rings is 1. The van der Waals surface area contributed by atoms with Gasteiger partial charge in [-0.2, -0.15) is 28.1 Å². The van der Waals surface area contributed by atoms with Crippen LogP contribution in [0.25, 0.3) is 11.0 Å². The molecule has 0 atom stereocenters. The van der Waals surface area contributed by atoms with E-state index in [1.807, 2.05) is 0 Å². The molecule has 4 N–H and O–H groups in total. The van der Waals surface area contributed by atoms with E-state index in [9.17, 15) is 26.4 Å². The molecule has 1 aromatic carbocycles. The molecule has 1 saturated heterocycles. The molecule has 3 aromatic rings. The minimum Gasteiger partial charge on any atom is -0.454 e. The number of hydrogen-bond donors (Lipinski definition) is 4. The third-order valence-electron chi connectivity index (χ3n) is 5.01. The lowest BCUT2D eigenvalue weighted by molar-refractivity contribution is -0.154. The van der Waals surface area contributed by atoms with Gasteiger partial charge in [-0.15, -0.1) is 0 Å². The molecule has 1 aliphatic rings. The maximum atomic E-state index is 12.6. The smallest absolute Gasteiger partial charge is 0.422 e. The van der Waals surface area contributed by atoms with E-state index in [0.717, 1.165) is 6.26 Å². The number of benzene rings is 1. The molecule has 12 nitrogen and oxygen atoms in total.